The molecule has 1 aliphatic rings. The summed E-state index contributed by atoms with van der Waals surface area (Å²) in [6, 6.07) is 16.6. The molecule has 0 spiro atoms. The van der Waals surface area contributed by atoms with Crippen LogP contribution < -0.4 is 9.64 Å². The van der Waals surface area contributed by atoms with E-state index in [2.05, 4.69) is 10.2 Å². The maximum atomic E-state index is 13.5. The summed E-state index contributed by atoms with van der Waals surface area (Å²) in [5.41, 5.74) is 2.72. The third-order valence-electron chi connectivity index (χ3n) is 5.36. The highest BCUT2D eigenvalue weighted by molar-refractivity contribution is 6.20. The van der Waals surface area contributed by atoms with Gasteiger partial charge in [0.05, 0.1) is 23.4 Å². The van der Waals surface area contributed by atoms with E-state index in [-0.39, 0.29) is 17.5 Å². The van der Waals surface area contributed by atoms with E-state index in [1.807, 2.05) is 32.9 Å². The SMILES string of the molecule is Cc1ccc(C(=O)C2=C(O)C(=O)N(c3ccc(C)nn3)C2c2ccc(OC(C)C)cc2)cc1. The molecule has 168 valence electrons. The van der Waals surface area contributed by atoms with Gasteiger partial charge in [-0.1, -0.05) is 42.0 Å². The fourth-order valence-corrected chi connectivity index (χ4v) is 3.77. The molecule has 0 fully saturated rings. The number of aryl methyl sites for hydroxylation is 2. The number of aromatic nitrogens is 2. The number of benzene rings is 2. The Labute approximate surface area is 192 Å². The van der Waals surface area contributed by atoms with E-state index in [1.54, 1.807) is 55.5 Å². The quantitative estimate of drug-likeness (QED) is 0.557. The van der Waals surface area contributed by atoms with Gasteiger partial charge in [-0.2, -0.15) is 5.10 Å². The number of ketones is 1. The largest absolute Gasteiger partial charge is 0.503 e. The standard InChI is InChI=1S/C26H25N3O4/c1-15(2)33-20-12-10-18(11-13-20)23-22(24(30)19-8-5-16(3)6-9-19)25(31)26(32)29(23)21-14-7-17(4)27-28-21/h5-15,23,31H,1-4H3. The van der Waals surface area contributed by atoms with Gasteiger partial charge in [-0.3, -0.25) is 14.5 Å². The number of carbonyl (C=O) groups excluding carboxylic acids is 2. The van der Waals surface area contributed by atoms with E-state index in [0.29, 0.717) is 22.6 Å². The minimum atomic E-state index is -0.864. The molecule has 1 N–H and O–H groups in total. The summed E-state index contributed by atoms with van der Waals surface area (Å²) in [4.78, 5) is 28.0. The van der Waals surface area contributed by atoms with Gasteiger partial charge in [0.15, 0.2) is 17.4 Å². The van der Waals surface area contributed by atoms with Crippen molar-refractivity contribution in [2.45, 2.75) is 39.8 Å². The Morgan fingerprint density at radius 1 is 0.970 bits per heavy atom. The van der Waals surface area contributed by atoms with E-state index >= 15 is 0 Å². The first-order valence-corrected chi connectivity index (χ1v) is 10.7. The number of nitrogens with zero attached hydrogens (tertiary/aromatic N) is 3. The van der Waals surface area contributed by atoms with Crippen LogP contribution >= 0.6 is 0 Å². The molecule has 2 heterocycles. The Kier molecular flexibility index (Phi) is 5.96. The van der Waals surface area contributed by atoms with Gasteiger partial charge in [0, 0.05) is 5.56 Å². The van der Waals surface area contributed by atoms with Crippen molar-refractivity contribution in [3.8, 4) is 5.75 Å². The van der Waals surface area contributed by atoms with Crippen molar-refractivity contribution in [3.63, 3.8) is 0 Å². The molecular weight excluding hydrogens is 418 g/mol. The third kappa shape index (κ3) is 4.35. The second-order valence-corrected chi connectivity index (χ2v) is 8.30. The number of hydrogen-bond donors (Lipinski definition) is 1. The van der Waals surface area contributed by atoms with Crippen LogP contribution in [0.4, 0.5) is 5.82 Å². The minimum absolute atomic E-state index is 0.00348. The van der Waals surface area contributed by atoms with E-state index < -0.39 is 23.5 Å². The molecule has 0 bridgehead atoms. The van der Waals surface area contributed by atoms with Crippen LogP contribution in [0, 0.1) is 13.8 Å². The van der Waals surface area contributed by atoms with Crippen molar-refractivity contribution in [2.75, 3.05) is 4.90 Å². The van der Waals surface area contributed by atoms with Crippen molar-refractivity contribution in [1.29, 1.82) is 0 Å². The van der Waals surface area contributed by atoms with Crippen molar-refractivity contribution >= 4 is 17.5 Å². The highest BCUT2D eigenvalue weighted by atomic mass is 16.5. The lowest BCUT2D eigenvalue weighted by Gasteiger charge is -2.26. The fourth-order valence-electron chi connectivity index (χ4n) is 3.77. The predicted octanol–water partition coefficient (Wildman–Crippen LogP) is 4.66. The van der Waals surface area contributed by atoms with Gasteiger partial charge in [-0.15, -0.1) is 5.10 Å². The smallest absolute Gasteiger partial charge is 0.295 e. The molecule has 0 saturated carbocycles. The third-order valence-corrected chi connectivity index (χ3v) is 5.36. The normalized spacial score (nSPS) is 16.0. The summed E-state index contributed by atoms with van der Waals surface area (Å²) in [6.07, 6.45) is 0.00542. The van der Waals surface area contributed by atoms with Crippen LogP contribution in [0.25, 0.3) is 0 Å². The summed E-state index contributed by atoms with van der Waals surface area (Å²) in [7, 11) is 0. The molecular formula is C26H25N3O4. The number of aliphatic hydroxyl groups is 1. The highest BCUT2D eigenvalue weighted by Crippen LogP contribution is 2.41. The first kappa shape index (κ1) is 22.2. The van der Waals surface area contributed by atoms with Crippen molar-refractivity contribution in [1.82, 2.24) is 10.2 Å². The number of ether oxygens (including phenoxy) is 1. The van der Waals surface area contributed by atoms with Gasteiger partial charge in [0.1, 0.15) is 5.75 Å². The van der Waals surface area contributed by atoms with Crippen LogP contribution in [0.2, 0.25) is 0 Å². The summed E-state index contributed by atoms with van der Waals surface area (Å²) in [6.45, 7) is 7.57. The number of aliphatic hydroxyl groups excluding tert-OH is 1. The number of amides is 1. The lowest BCUT2D eigenvalue weighted by atomic mass is 9.92. The predicted molar refractivity (Wildman–Crippen MR) is 124 cm³/mol. The second kappa shape index (κ2) is 8.86. The van der Waals surface area contributed by atoms with Gasteiger partial charge in [-0.05, 0) is 57.5 Å². The van der Waals surface area contributed by atoms with E-state index in [0.717, 1.165) is 5.56 Å². The zero-order valence-corrected chi connectivity index (χ0v) is 18.9. The Bertz CT molecular complexity index is 1210. The molecule has 3 aromatic rings. The van der Waals surface area contributed by atoms with Gasteiger partial charge in [-0.25, -0.2) is 0 Å². The molecule has 0 aliphatic carbocycles. The zero-order chi connectivity index (χ0) is 23.7. The zero-order valence-electron chi connectivity index (χ0n) is 18.9. The number of hydrogen-bond acceptors (Lipinski definition) is 6. The van der Waals surface area contributed by atoms with E-state index in [1.165, 1.54) is 4.90 Å². The number of Topliss-reactive ketones (excluding diaryl/α,β-unsaturated/α-hetero) is 1. The molecule has 7 nitrogen and oxygen atoms in total. The number of anilines is 1. The van der Waals surface area contributed by atoms with Crippen LogP contribution in [-0.2, 0) is 4.79 Å². The number of carbonyl (C=O) groups is 2. The Morgan fingerprint density at radius 3 is 2.21 bits per heavy atom. The Morgan fingerprint density at radius 2 is 1.64 bits per heavy atom. The Hall–Kier alpha value is -4.00. The molecule has 7 heteroatoms. The molecule has 4 rings (SSSR count). The topological polar surface area (TPSA) is 92.6 Å². The molecule has 1 aromatic heterocycles. The lowest BCUT2D eigenvalue weighted by molar-refractivity contribution is -0.117. The number of rotatable bonds is 6. The van der Waals surface area contributed by atoms with Gasteiger partial charge in [0.2, 0.25) is 0 Å². The first-order chi connectivity index (χ1) is 15.8. The van der Waals surface area contributed by atoms with Crippen molar-refractivity contribution < 1.29 is 19.4 Å². The maximum Gasteiger partial charge on any atom is 0.295 e. The summed E-state index contributed by atoms with van der Waals surface area (Å²) in [5.74, 6) is -0.793. The summed E-state index contributed by atoms with van der Waals surface area (Å²) < 4.78 is 5.72. The summed E-state index contributed by atoms with van der Waals surface area (Å²) in [5, 5.41) is 19.0. The van der Waals surface area contributed by atoms with Crippen LogP contribution in [0.3, 0.4) is 0 Å². The molecule has 33 heavy (non-hydrogen) atoms. The van der Waals surface area contributed by atoms with Crippen LogP contribution in [0.15, 0.2) is 72.0 Å². The second-order valence-electron chi connectivity index (χ2n) is 8.30. The average molecular weight is 444 g/mol. The van der Waals surface area contributed by atoms with Crippen LogP contribution in [0.1, 0.15) is 47.1 Å². The fraction of sp³-hybridized carbons (Fsp3) is 0.231. The molecule has 2 aromatic carbocycles. The molecule has 0 radical (unpaired) electrons. The van der Waals surface area contributed by atoms with Gasteiger partial charge in [0.25, 0.3) is 5.91 Å². The molecule has 1 amide bonds. The lowest BCUT2D eigenvalue weighted by Crippen LogP contribution is -2.32. The van der Waals surface area contributed by atoms with Crippen LogP contribution in [0.5, 0.6) is 5.75 Å². The maximum absolute atomic E-state index is 13.5. The van der Waals surface area contributed by atoms with E-state index in [4.69, 9.17) is 4.74 Å². The monoisotopic (exact) mass is 443 g/mol. The van der Waals surface area contributed by atoms with Crippen LogP contribution in [-0.4, -0.2) is 33.1 Å². The van der Waals surface area contributed by atoms with Gasteiger partial charge >= 0.3 is 0 Å². The Balaban J connectivity index is 1.82. The van der Waals surface area contributed by atoms with Crippen molar-refractivity contribution in [3.05, 3.63) is 94.4 Å². The minimum Gasteiger partial charge on any atom is -0.503 e. The first-order valence-electron chi connectivity index (χ1n) is 10.7. The van der Waals surface area contributed by atoms with E-state index in [9.17, 15) is 14.7 Å². The van der Waals surface area contributed by atoms with Crippen molar-refractivity contribution in [2.24, 2.45) is 0 Å². The average Bonchev–Trinajstić information content (AvgIpc) is 3.05. The molecule has 1 atom stereocenters. The summed E-state index contributed by atoms with van der Waals surface area (Å²) >= 11 is 0. The highest BCUT2D eigenvalue weighted by Gasteiger charge is 2.45. The molecule has 1 aliphatic heterocycles. The molecule has 0 saturated heterocycles. The van der Waals surface area contributed by atoms with Gasteiger partial charge < -0.3 is 9.84 Å². The molecule has 1 unspecified atom stereocenters.